The van der Waals surface area contributed by atoms with Crippen LogP contribution >= 0.6 is 39.3 Å². The standard InChI is InChI=1S/C25H18BrClFNO4S/c1-2-32-21-11-16(20(26)13-22(21)33-14-15-3-7-18(28)8-4-15)12-23-24(30)29(25(31)34-23)19-9-5-17(27)6-10-19/h3-13H,2,14H2,1H3/b23-12+. The van der Waals surface area contributed by atoms with E-state index in [1.807, 2.05) is 6.92 Å². The van der Waals surface area contributed by atoms with Gasteiger partial charge in [0, 0.05) is 9.50 Å². The van der Waals surface area contributed by atoms with Gasteiger partial charge in [-0.1, -0.05) is 39.7 Å². The Morgan fingerprint density at radius 3 is 2.38 bits per heavy atom. The molecule has 1 aliphatic rings. The van der Waals surface area contributed by atoms with Gasteiger partial charge >= 0.3 is 0 Å². The molecule has 0 aliphatic carbocycles. The Bertz CT molecular complexity index is 1270. The number of carbonyl (C=O) groups excluding carboxylic acids is 2. The number of hydrogen-bond donors (Lipinski definition) is 0. The normalized spacial score (nSPS) is 14.7. The first kappa shape index (κ1) is 24.3. The molecule has 174 valence electrons. The molecular weight excluding hydrogens is 545 g/mol. The topological polar surface area (TPSA) is 55.8 Å². The van der Waals surface area contributed by atoms with E-state index < -0.39 is 5.91 Å². The van der Waals surface area contributed by atoms with Crippen molar-refractivity contribution in [1.82, 2.24) is 0 Å². The van der Waals surface area contributed by atoms with Crippen molar-refractivity contribution in [2.45, 2.75) is 13.5 Å². The molecule has 1 aliphatic heterocycles. The highest BCUT2D eigenvalue weighted by atomic mass is 79.9. The number of rotatable bonds is 7. The van der Waals surface area contributed by atoms with Crippen molar-refractivity contribution < 1.29 is 23.5 Å². The third kappa shape index (κ3) is 5.46. The summed E-state index contributed by atoms with van der Waals surface area (Å²) in [7, 11) is 0. The fraction of sp³-hybridized carbons (Fsp3) is 0.120. The molecule has 0 unspecified atom stereocenters. The SMILES string of the molecule is CCOc1cc(/C=C2/SC(=O)N(c3ccc(Cl)cc3)C2=O)c(Br)cc1OCc1ccc(F)cc1. The predicted molar refractivity (Wildman–Crippen MR) is 136 cm³/mol. The molecule has 9 heteroatoms. The number of amides is 2. The number of hydrogen-bond acceptors (Lipinski definition) is 5. The molecule has 0 saturated carbocycles. The maximum atomic E-state index is 13.1. The molecule has 4 rings (SSSR count). The zero-order chi connectivity index (χ0) is 24.2. The highest BCUT2D eigenvalue weighted by Crippen LogP contribution is 2.40. The van der Waals surface area contributed by atoms with Gasteiger partial charge in [0.15, 0.2) is 11.5 Å². The molecule has 0 bridgehead atoms. The zero-order valence-corrected chi connectivity index (χ0v) is 21.0. The summed E-state index contributed by atoms with van der Waals surface area (Å²) in [6.45, 7) is 2.48. The summed E-state index contributed by atoms with van der Waals surface area (Å²) in [5, 5.41) is 0.124. The van der Waals surface area contributed by atoms with Crippen LogP contribution in [0.2, 0.25) is 5.02 Å². The van der Waals surface area contributed by atoms with Crippen LogP contribution in [0, 0.1) is 5.82 Å². The monoisotopic (exact) mass is 561 g/mol. The minimum Gasteiger partial charge on any atom is -0.490 e. The lowest BCUT2D eigenvalue weighted by Gasteiger charge is -2.14. The van der Waals surface area contributed by atoms with Gasteiger partial charge in [0.25, 0.3) is 11.1 Å². The Morgan fingerprint density at radius 1 is 1.03 bits per heavy atom. The summed E-state index contributed by atoms with van der Waals surface area (Å²) in [5.74, 6) is 0.241. The molecular formula is C25H18BrClFNO4S. The Morgan fingerprint density at radius 2 is 1.71 bits per heavy atom. The van der Waals surface area contributed by atoms with Crippen molar-refractivity contribution in [3.8, 4) is 11.5 Å². The Kier molecular flexibility index (Phi) is 7.60. The Balaban J connectivity index is 1.59. The molecule has 0 radical (unpaired) electrons. The van der Waals surface area contributed by atoms with Gasteiger partial charge in [0.1, 0.15) is 12.4 Å². The minimum atomic E-state index is -0.418. The van der Waals surface area contributed by atoms with Crippen LogP contribution in [0.1, 0.15) is 18.1 Å². The van der Waals surface area contributed by atoms with Crippen molar-refractivity contribution in [2.75, 3.05) is 11.5 Å². The van der Waals surface area contributed by atoms with Crippen LogP contribution in [-0.4, -0.2) is 17.8 Å². The number of imide groups is 1. The van der Waals surface area contributed by atoms with Crippen molar-refractivity contribution in [2.24, 2.45) is 0 Å². The van der Waals surface area contributed by atoms with Crippen LogP contribution in [0.15, 0.2) is 70.0 Å². The molecule has 1 saturated heterocycles. The predicted octanol–water partition coefficient (Wildman–Crippen LogP) is 7.46. The van der Waals surface area contributed by atoms with E-state index in [0.29, 0.717) is 38.9 Å². The molecule has 0 aromatic heterocycles. The zero-order valence-electron chi connectivity index (χ0n) is 17.9. The molecule has 5 nitrogen and oxygen atoms in total. The third-order valence-electron chi connectivity index (χ3n) is 4.84. The van der Waals surface area contributed by atoms with Gasteiger partial charge in [-0.15, -0.1) is 0 Å². The number of thioether (sulfide) groups is 1. The maximum Gasteiger partial charge on any atom is 0.298 e. The molecule has 34 heavy (non-hydrogen) atoms. The van der Waals surface area contributed by atoms with Crippen LogP contribution in [0.3, 0.4) is 0 Å². The van der Waals surface area contributed by atoms with Gasteiger partial charge in [-0.3, -0.25) is 9.59 Å². The average Bonchev–Trinajstić information content (AvgIpc) is 3.09. The van der Waals surface area contributed by atoms with Gasteiger partial charge < -0.3 is 9.47 Å². The summed E-state index contributed by atoms with van der Waals surface area (Å²) >= 11 is 10.3. The van der Waals surface area contributed by atoms with E-state index in [1.165, 1.54) is 12.1 Å². The molecule has 0 atom stereocenters. The fourth-order valence-electron chi connectivity index (χ4n) is 3.21. The molecule has 2 amide bonds. The van der Waals surface area contributed by atoms with E-state index in [2.05, 4.69) is 15.9 Å². The number of benzene rings is 3. The first-order valence-electron chi connectivity index (χ1n) is 10.2. The van der Waals surface area contributed by atoms with Crippen molar-refractivity contribution >= 4 is 62.2 Å². The number of halogens is 3. The molecule has 1 fully saturated rings. The van der Waals surface area contributed by atoms with Crippen molar-refractivity contribution in [1.29, 1.82) is 0 Å². The van der Waals surface area contributed by atoms with Crippen LogP contribution in [0.25, 0.3) is 6.08 Å². The average molecular weight is 563 g/mol. The molecule has 3 aromatic carbocycles. The molecule has 0 spiro atoms. The van der Waals surface area contributed by atoms with Crippen LogP contribution in [0.5, 0.6) is 11.5 Å². The Labute approximate surface area is 213 Å². The lowest BCUT2D eigenvalue weighted by Crippen LogP contribution is -2.27. The Hall–Kier alpha value is -2.81. The summed E-state index contributed by atoms with van der Waals surface area (Å²) < 4.78 is 25.4. The first-order chi connectivity index (χ1) is 16.4. The quantitative estimate of drug-likeness (QED) is 0.280. The second-order valence-corrected chi connectivity index (χ2v) is 9.45. The second kappa shape index (κ2) is 10.6. The fourth-order valence-corrected chi connectivity index (χ4v) is 4.60. The number of anilines is 1. The lowest BCUT2D eigenvalue weighted by atomic mass is 10.1. The first-order valence-corrected chi connectivity index (χ1v) is 12.2. The summed E-state index contributed by atoms with van der Waals surface area (Å²) in [6.07, 6.45) is 1.64. The largest absolute Gasteiger partial charge is 0.490 e. The van der Waals surface area contributed by atoms with Gasteiger partial charge in [0.05, 0.1) is 17.2 Å². The summed E-state index contributed by atoms with van der Waals surface area (Å²) in [4.78, 5) is 26.9. The van der Waals surface area contributed by atoms with E-state index in [0.717, 1.165) is 22.2 Å². The maximum absolute atomic E-state index is 13.1. The van der Waals surface area contributed by atoms with Crippen LogP contribution in [0.4, 0.5) is 14.9 Å². The number of carbonyl (C=O) groups is 2. The van der Waals surface area contributed by atoms with Gasteiger partial charge in [0.2, 0.25) is 0 Å². The highest BCUT2D eigenvalue weighted by Gasteiger charge is 2.36. The van der Waals surface area contributed by atoms with E-state index in [1.54, 1.807) is 54.6 Å². The third-order valence-corrected chi connectivity index (χ3v) is 6.64. The van der Waals surface area contributed by atoms with Crippen molar-refractivity contribution in [3.63, 3.8) is 0 Å². The molecule has 0 N–H and O–H groups in total. The van der Waals surface area contributed by atoms with E-state index in [-0.39, 0.29) is 22.6 Å². The lowest BCUT2D eigenvalue weighted by molar-refractivity contribution is -0.113. The smallest absolute Gasteiger partial charge is 0.298 e. The minimum absolute atomic E-state index is 0.228. The van der Waals surface area contributed by atoms with Gasteiger partial charge in [-0.05, 0) is 84.4 Å². The molecule has 1 heterocycles. The van der Waals surface area contributed by atoms with E-state index in [4.69, 9.17) is 21.1 Å². The number of ether oxygens (including phenoxy) is 2. The second-order valence-electron chi connectivity index (χ2n) is 7.16. The number of nitrogens with zero attached hydrogens (tertiary/aromatic N) is 1. The summed E-state index contributed by atoms with van der Waals surface area (Å²) in [5.41, 5.74) is 1.91. The van der Waals surface area contributed by atoms with Crippen LogP contribution < -0.4 is 14.4 Å². The van der Waals surface area contributed by atoms with E-state index in [9.17, 15) is 14.0 Å². The van der Waals surface area contributed by atoms with Crippen LogP contribution in [-0.2, 0) is 11.4 Å². The van der Waals surface area contributed by atoms with Gasteiger partial charge in [-0.25, -0.2) is 9.29 Å². The van der Waals surface area contributed by atoms with Crippen molar-refractivity contribution in [3.05, 3.63) is 92.0 Å². The van der Waals surface area contributed by atoms with E-state index >= 15 is 0 Å². The summed E-state index contributed by atoms with van der Waals surface area (Å²) in [6, 6.07) is 16.0. The van der Waals surface area contributed by atoms with Gasteiger partial charge in [-0.2, -0.15) is 0 Å². The highest BCUT2D eigenvalue weighted by molar-refractivity contribution is 9.10. The molecule has 3 aromatic rings.